The van der Waals surface area contributed by atoms with E-state index in [9.17, 15) is 4.79 Å². The number of carbonyl (C=O) groups excluding carboxylic acids is 1. The van der Waals surface area contributed by atoms with Crippen LogP contribution in [-0.4, -0.2) is 16.8 Å². The molecule has 0 saturated carbocycles. The van der Waals surface area contributed by atoms with Gasteiger partial charge in [-0.1, -0.05) is 84.9 Å². The minimum atomic E-state index is 0.106. The van der Waals surface area contributed by atoms with Crippen LogP contribution in [0.15, 0.2) is 109 Å². The van der Waals surface area contributed by atoms with Gasteiger partial charge in [0.1, 0.15) is 0 Å². The van der Waals surface area contributed by atoms with Crippen LogP contribution in [0.25, 0.3) is 21.2 Å². The van der Waals surface area contributed by atoms with E-state index in [4.69, 9.17) is 0 Å². The minimum absolute atomic E-state index is 0.106. The number of carbonyl (C=O) groups is 1. The molecule has 0 saturated heterocycles. The highest BCUT2D eigenvalue weighted by molar-refractivity contribution is 7.13. The molecule has 4 aromatic carbocycles. The van der Waals surface area contributed by atoms with Gasteiger partial charge in [0.2, 0.25) is 0 Å². The SMILES string of the molecule is O=C(c1ccccc1-c1cccs1)N(Cc1ccc2ccccc2c1)C1Cc2ccccc2C1. The summed E-state index contributed by atoms with van der Waals surface area (Å²) in [7, 11) is 0. The lowest BCUT2D eigenvalue weighted by Crippen LogP contribution is -2.40. The fraction of sp³-hybridized carbons (Fsp3) is 0.129. The smallest absolute Gasteiger partial charge is 0.255 e. The molecule has 6 rings (SSSR count). The first-order chi connectivity index (χ1) is 16.8. The van der Waals surface area contributed by atoms with Gasteiger partial charge in [-0.2, -0.15) is 0 Å². The van der Waals surface area contributed by atoms with E-state index in [-0.39, 0.29) is 11.9 Å². The lowest BCUT2D eigenvalue weighted by Gasteiger charge is -2.30. The summed E-state index contributed by atoms with van der Waals surface area (Å²) in [6.07, 6.45) is 1.80. The summed E-state index contributed by atoms with van der Waals surface area (Å²) in [5.74, 6) is 0.106. The number of rotatable bonds is 5. The lowest BCUT2D eigenvalue weighted by molar-refractivity contribution is 0.0668. The Morgan fingerprint density at radius 3 is 2.24 bits per heavy atom. The molecule has 5 aromatic rings. The van der Waals surface area contributed by atoms with Gasteiger partial charge >= 0.3 is 0 Å². The van der Waals surface area contributed by atoms with Gasteiger partial charge in [0, 0.05) is 28.6 Å². The predicted molar refractivity (Wildman–Crippen MR) is 141 cm³/mol. The van der Waals surface area contributed by atoms with Crippen LogP contribution >= 0.6 is 11.3 Å². The Balaban J connectivity index is 1.39. The highest BCUT2D eigenvalue weighted by Gasteiger charge is 2.31. The van der Waals surface area contributed by atoms with E-state index in [1.165, 1.54) is 21.9 Å². The number of benzene rings is 4. The molecule has 3 heteroatoms. The van der Waals surface area contributed by atoms with Gasteiger partial charge in [-0.15, -0.1) is 11.3 Å². The molecule has 1 aromatic heterocycles. The van der Waals surface area contributed by atoms with Gasteiger partial charge in [-0.3, -0.25) is 4.79 Å². The van der Waals surface area contributed by atoms with Crippen molar-refractivity contribution in [3.8, 4) is 10.4 Å². The van der Waals surface area contributed by atoms with Crippen molar-refractivity contribution >= 4 is 28.0 Å². The summed E-state index contributed by atoms with van der Waals surface area (Å²) in [6, 6.07) is 35.9. The highest BCUT2D eigenvalue weighted by atomic mass is 32.1. The van der Waals surface area contributed by atoms with Crippen LogP contribution in [0.3, 0.4) is 0 Å². The third kappa shape index (κ3) is 3.93. The maximum atomic E-state index is 14.2. The molecule has 166 valence electrons. The number of thiophene rings is 1. The van der Waals surface area contributed by atoms with Crippen LogP contribution in [0.2, 0.25) is 0 Å². The zero-order valence-electron chi connectivity index (χ0n) is 18.9. The molecular formula is C31H25NOS. The molecule has 2 nitrogen and oxygen atoms in total. The van der Waals surface area contributed by atoms with Gasteiger partial charge in [0.15, 0.2) is 0 Å². The highest BCUT2D eigenvalue weighted by Crippen LogP contribution is 2.32. The van der Waals surface area contributed by atoms with Crippen LogP contribution in [0, 0.1) is 0 Å². The zero-order chi connectivity index (χ0) is 22.9. The molecule has 1 aliphatic rings. The number of amides is 1. The van der Waals surface area contributed by atoms with E-state index < -0.39 is 0 Å². The monoisotopic (exact) mass is 459 g/mol. The van der Waals surface area contributed by atoms with Crippen molar-refractivity contribution in [2.24, 2.45) is 0 Å². The molecule has 34 heavy (non-hydrogen) atoms. The molecule has 0 fully saturated rings. The summed E-state index contributed by atoms with van der Waals surface area (Å²) in [5, 5.41) is 4.50. The Morgan fingerprint density at radius 1 is 0.765 bits per heavy atom. The van der Waals surface area contributed by atoms with Gasteiger partial charge in [0.05, 0.1) is 0 Å². The summed E-state index contributed by atoms with van der Waals surface area (Å²) >= 11 is 1.68. The Labute approximate surface area is 204 Å². The van der Waals surface area contributed by atoms with E-state index in [0.717, 1.165) is 34.4 Å². The van der Waals surface area contributed by atoms with Crippen molar-refractivity contribution in [3.63, 3.8) is 0 Å². The molecule has 0 radical (unpaired) electrons. The summed E-state index contributed by atoms with van der Waals surface area (Å²) in [5.41, 5.74) is 5.67. The standard InChI is InChI=1S/C31H25NOS/c33-31(29-13-6-5-12-28(29)30-14-7-17-34-30)32(27-19-25-10-3-4-11-26(25)20-27)21-22-15-16-23-8-1-2-9-24(23)18-22/h1-18,27H,19-21H2. The fourth-order valence-electron chi connectivity index (χ4n) is 5.13. The number of fused-ring (bicyclic) bond motifs is 2. The van der Waals surface area contributed by atoms with E-state index in [1.54, 1.807) is 11.3 Å². The molecule has 0 aliphatic heterocycles. The van der Waals surface area contributed by atoms with E-state index >= 15 is 0 Å². The van der Waals surface area contributed by atoms with Crippen LogP contribution in [-0.2, 0) is 19.4 Å². The van der Waals surface area contributed by atoms with E-state index in [2.05, 4.69) is 89.1 Å². The lowest BCUT2D eigenvalue weighted by atomic mass is 10.0. The van der Waals surface area contributed by atoms with Crippen molar-refractivity contribution in [2.45, 2.75) is 25.4 Å². The Bertz CT molecular complexity index is 1450. The first-order valence-corrected chi connectivity index (χ1v) is 12.6. The molecule has 1 aliphatic carbocycles. The van der Waals surface area contributed by atoms with Crippen molar-refractivity contribution in [3.05, 3.63) is 131 Å². The second-order valence-electron chi connectivity index (χ2n) is 8.97. The minimum Gasteiger partial charge on any atom is -0.331 e. The fourth-order valence-corrected chi connectivity index (χ4v) is 5.89. The van der Waals surface area contributed by atoms with Crippen LogP contribution in [0.5, 0.6) is 0 Å². The average molecular weight is 460 g/mol. The van der Waals surface area contributed by atoms with Gasteiger partial charge in [-0.25, -0.2) is 0 Å². The van der Waals surface area contributed by atoms with Crippen molar-refractivity contribution in [1.82, 2.24) is 4.90 Å². The second kappa shape index (κ2) is 8.92. The maximum absolute atomic E-state index is 14.2. The molecule has 0 bridgehead atoms. The molecule has 0 unspecified atom stereocenters. The number of hydrogen-bond donors (Lipinski definition) is 0. The Hall–Kier alpha value is -3.69. The van der Waals surface area contributed by atoms with Gasteiger partial charge in [-0.05, 0) is 63.9 Å². The quantitative estimate of drug-likeness (QED) is 0.268. The molecule has 1 amide bonds. The van der Waals surface area contributed by atoms with Crippen molar-refractivity contribution in [1.29, 1.82) is 0 Å². The zero-order valence-corrected chi connectivity index (χ0v) is 19.7. The Morgan fingerprint density at radius 2 is 1.47 bits per heavy atom. The Kier molecular flexibility index (Phi) is 5.48. The molecular weight excluding hydrogens is 434 g/mol. The van der Waals surface area contributed by atoms with E-state index in [1.807, 2.05) is 24.3 Å². The second-order valence-corrected chi connectivity index (χ2v) is 9.92. The topological polar surface area (TPSA) is 20.3 Å². The third-order valence-corrected chi connectivity index (χ3v) is 7.75. The van der Waals surface area contributed by atoms with Crippen molar-refractivity contribution in [2.75, 3.05) is 0 Å². The summed E-state index contributed by atoms with van der Waals surface area (Å²) < 4.78 is 0. The van der Waals surface area contributed by atoms with Crippen LogP contribution in [0.4, 0.5) is 0 Å². The van der Waals surface area contributed by atoms with Crippen LogP contribution in [0.1, 0.15) is 27.0 Å². The normalized spacial score (nSPS) is 13.2. The van der Waals surface area contributed by atoms with Crippen molar-refractivity contribution < 1.29 is 4.79 Å². The predicted octanol–water partition coefficient (Wildman–Crippen LogP) is 7.38. The van der Waals surface area contributed by atoms with E-state index in [0.29, 0.717) is 6.54 Å². The molecule has 0 spiro atoms. The largest absolute Gasteiger partial charge is 0.331 e. The first kappa shape index (κ1) is 20.9. The maximum Gasteiger partial charge on any atom is 0.255 e. The summed E-state index contributed by atoms with van der Waals surface area (Å²) in [6.45, 7) is 0.598. The summed E-state index contributed by atoms with van der Waals surface area (Å²) in [4.78, 5) is 17.4. The number of nitrogens with zero attached hydrogens (tertiary/aromatic N) is 1. The average Bonchev–Trinajstić information content (AvgIpc) is 3.57. The number of hydrogen-bond acceptors (Lipinski definition) is 2. The van der Waals surface area contributed by atoms with Crippen LogP contribution < -0.4 is 0 Å². The molecule has 0 atom stereocenters. The van der Waals surface area contributed by atoms with Gasteiger partial charge in [0.25, 0.3) is 5.91 Å². The third-order valence-electron chi connectivity index (χ3n) is 6.84. The molecule has 0 N–H and O–H groups in total. The first-order valence-electron chi connectivity index (χ1n) is 11.7. The van der Waals surface area contributed by atoms with Gasteiger partial charge < -0.3 is 4.90 Å². The molecule has 1 heterocycles.